The Kier molecular flexibility index (Phi) is 4.58. The molecule has 1 aromatic heterocycles. The fraction of sp³-hybridized carbons (Fsp3) is 0.353. The number of hydrogen-bond donors (Lipinski definition) is 1. The van der Waals surface area contributed by atoms with E-state index in [0.717, 1.165) is 0 Å². The van der Waals surface area contributed by atoms with Gasteiger partial charge in [-0.15, -0.1) is 0 Å². The van der Waals surface area contributed by atoms with Gasteiger partial charge in [-0.2, -0.15) is 4.31 Å². The van der Waals surface area contributed by atoms with Crippen LogP contribution in [0.4, 0.5) is 0 Å². The molecule has 2 heterocycles. The van der Waals surface area contributed by atoms with Crippen molar-refractivity contribution in [2.45, 2.75) is 29.9 Å². The lowest BCUT2D eigenvalue weighted by Crippen LogP contribution is -2.58. The highest BCUT2D eigenvalue weighted by Crippen LogP contribution is 2.29. The number of rotatable bonds is 4. The Morgan fingerprint density at radius 2 is 2.00 bits per heavy atom. The molecule has 0 unspecified atom stereocenters. The minimum Gasteiger partial charge on any atom is -0.487 e. The van der Waals surface area contributed by atoms with E-state index in [1.807, 2.05) is 30.3 Å². The molecule has 7 heteroatoms. The van der Waals surface area contributed by atoms with E-state index in [4.69, 9.17) is 4.74 Å². The Morgan fingerprint density at radius 1 is 1.25 bits per heavy atom. The number of aliphatic hydroxyl groups is 1. The van der Waals surface area contributed by atoms with Gasteiger partial charge in [0.15, 0.2) is 0 Å². The molecule has 1 aliphatic heterocycles. The fourth-order valence-corrected chi connectivity index (χ4v) is 4.33. The van der Waals surface area contributed by atoms with Gasteiger partial charge in [0.05, 0.1) is 0 Å². The average molecular weight is 348 g/mol. The van der Waals surface area contributed by atoms with Gasteiger partial charge >= 0.3 is 0 Å². The first kappa shape index (κ1) is 16.9. The number of β-amino-alcohol motifs (C(OH)–C–C–N with tert-alkyl or cyclic N) is 1. The van der Waals surface area contributed by atoms with E-state index in [0.29, 0.717) is 12.2 Å². The number of pyridine rings is 1. The molecular weight excluding hydrogens is 328 g/mol. The summed E-state index contributed by atoms with van der Waals surface area (Å²) in [6.07, 6.45) is 2.77. The van der Waals surface area contributed by atoms with Crippen molar-refractivity contribution in [1.82, 2.24) is 9.29 Å². The molecule has 0 bridgehead atoms. The first-order chi connectivity index (χ1) is 11.4. The van der Waals surface area contributed by atoms with Crippen molar-refractivity contribution < 1.29 is 18.3 Å². The van der Waals surface area contributed by atoms with Crippen LogP contribution >= 0.6 is 0 Å². The summed E-state index contributed by atoms with van der Waals surface area (Å²) in [5.74, 6) is 0.659. The molecule has 2 aromatic rings. The Hall–Kier alpha value is -1.96. The third-order valence-corrected chi connectivity index (χ3v) is 5.95. The van der Waals surface area contributed by atoms with Gasteiger partial charge in [-0.05, 0) is 31.2 Å². The van der Waals surface area contributed by atoms with Crippen molar-refractivity contribution in [2.75, 3.05) is 13.1 Å². The van der Waals surface area contributed by atoms with Crippen molar-refractivity contribution in [1.29, 1.82) is 0 Å². The van der Waals surface area contributed by atoms with Gasteiger partial charge in [0.2, 0.25) is 10.0 Å². The van der Waals surface area contributed by atoms with Crippen molar-refractivity contribution in [3.05, 3.63) is 54.9 Å². The summed E-state index contributed by atoms with van der Waals surface area (Å²) in [6, 6.07) is 12.3. The van der Waals surface area contributed by atoms with Crippen molar-refractivity contribution in [3.63, 3.8) is 0 Å². The van der Waals surface area contributed by atoms with Crippen LogP contribution in [0.25, 0.3) is 0 Å². The van der Waals surface area contributed by atoms with Crippen molar-refractivity contribution in [2.24, 2.45) is 0 Å². The Labute approximate surface area is 141 Å². The van der Waals surface area contributed by atoms with Gasteiger partial charge < -0.3 is 9.84 Å². The van der Waals surface area contributed by atoms with Crippen LogP contribution in [-0.2, 0) is 10.0 Å². The highest BCUT2D eigenvalue weighted by atomic mass is 32.2. The second-order valence-electron chi connectivity index (χ2n) is 6.09. The highest BCUT2D eigenvalue weighted by molar-refractivity contribution is 7.89. The summed E-state index contributed by atoms with van der Waals surface area (Å²) in [5, 5.41) is 10.7. The summed E-state index contributed by atoms with van der Waals surface area (Å²) >= 11 is 0. The number of piperidine rings is 1. The number of nitrogens with zero attached hydrogens (tertiary/aromatic N) is 2. The third-order valence-electron chi connectivity index (χ3n) is 4.12. The molecule has 0 aliphatic carbocycles. The van der Waals surface area contributed by atoms with E-state index < -0.39 is 21.7 Å². The van der Waals surface area contributed by atoms with Gasteiger partial charge in [0.1, 0.15) is 22.4 Å². The maximum atomic E-state index is 12.7. The molecule has 1 N–H and O–H groups in total. The van der Waals surface area contributed by atoms with Gasteiger partial charge in [0.25, 0.3) is 0 Å². The molecule has 0 saturated carbocycles. The lowest BCUT2D eigenvalue weighted by Gasteiger charge is -2.41. The number of sulfonamides is 1. The zero-order valence-corrected chi connectivity index (χ0v) is 14.2. The summed E-state index contributed by atoms with van der Waals surface area (Å²) in [6.45, 7) is 1.86. The van der Waals surface area contributed by atoms with Crippen LogP contribution in [0.3, 0.4) is 0 Å². The zero-order valence-electron chi connectivity index (χ0n) is 13.4. The van der Waals surface area contributed by atoms with E-state index in [-0.39, 0.29) is 18.0 Å². The first-order valence-electron chi connectivity index (χ1n) is 7.74. The molecule has 3 rings (SSSR count). The second-order valence-corrected chi connectivity index (χ2v) is 8.03. The number of hydrogen-bond acceptors (Lipinski definition) is 5. The molecule has 0 spiro atoms. The quantitative estimate of drug-likeness (QED) is 0.909. The third kappa shape index (κ3) is 3.43. The Bertz CT molecular complexity index is 779. The molecule has 1 aromatic carbocycles. The van der Waals surface area contributed by atoms with Crippen molar-refractivity contribution in [3.8, 4) is 5.75 Å². The predicted molar refractivity (Wildman–Crippen MR) is 89.1 cm³/mol. The van der Waals surface area contributed by atoms with Gasteiger partial charge in [0, 0.05) is 31.9 Å². The minimum atomic E-state index is -3.67. The first-order valence-corrected chi connectivity index (χ1v) is 9.18. The Balaban J connectivity index is 1.76. The van der Waals surface area contributed by atoms with Crippen LogP contribution in [0.2, 0.25) is 0 Å². The molecule has 6 nitrogen and oxygen atoms in total. The van der Waals surface area contributed by atoms with E-state index in [2.05, 4.69) is 4.98 Å². The topological polar surface area (TPSA) is 79.7 Å². The van der Waals surface area contributed by atoms with Crippen LogP contribution in [0.15, 0.2) is 59.8 Å². The zero-order chi connectivity index (χ0) is 17.2. The highest BCUT2D eigenvalue weighted by Gasteiger charge is 2.43. The van der Waals surface area contributed by atoms with Gasteiger partial charge in [-0.25, -0.2) is 8.42 Å². The molecular formula is C17H20N2O4S. The molecule has 2 atom stereocenters. The molecule has 128 valence electrons. The maximum Gasteiger partial charge on any atom is 0.244 e. The normalized spacial score (nSPS) is 25.3. The lowest BCUT2D eigenvalue weighted by atomic mass is 9.93. The average Bonchev–Trinajstić information content (AvgIpc) is 2.58. The van der Waals surface area contributed by atoms with Crippen LogP contribution in [0.1, 0.15) is 13.3 Å². The summed E-state index contributed by atoms with van der Waals surface area (Å²) < 4.78 is 32.5. The summed E-state index contributed by atoms with van der Waals surface area (Å²) in [7, 11) is -3.67. The van der Waals surface area contributed by atoms with Gasteiger partial charge in [-0.1, -0.05) is 18.2 Å². The van der Waals surface area contributed by atoms with Crippen LogP contribution in [-0.4, -0.2) is 47.6 Å². The summed E-state index contributed by atoms with van der Waals surface area (Å²) in [5.41, 5.74) is -1.29. The van der Waals surface area contributed by atoms with E-state index in [1.165, 1.54) is 22.8 Å². The lowest BCUT2D eigenvalue weighted by molar-refractivity contribution is -0.0814. The Morgan fingerprint density at radius 3 is 2.62 bits per heavy atom. The molecule has 24 heavy (non-hydrogen) atoms. The number of para-hydroxylation sites is 1. The van der Waals surface area contributed by atoms with Crippen LogP contribution in [0.5, 0.6) is 5.75 Å². The monoisotopic (exact) mass is 348 g/mol. The molecule has 1 saturated heterocycles. The largest absolute Gasteiger partial charge is 0.487 e. The molecule has 0 amide bonds. The standard InChI is InChI=1S/C17H20N2O4S/c1-17(20)13-19(24(21,22)15-8-5-10-18-12-15)11-9-16(17)23-14-6-3-2-4-7-14/h2-8,10,12,16,20H,9,11,13H2,1H3/t16-,17-/m0/s1. The SMILES string of the molecule is C[C@]1(O)CN(S(=O)(=O)c2cccnc2)CC[C@@H]1Oc1ccccc1. The molecule has 1 fully saturated rings. The number of ether oxygens (including phenoxy) is 1. The van der Waals surface area contributed by atoms with E-state index >= 15 is 0 Å². The second kappa shape index (κ2) is 6.51. The van der Waals surface area contributed by atoms with Gasteiger partial charge in [-0.3, -0.25) is 4.98 Å². The number of aromatic nitrogens is 1. The molecule has 0 radical (unpaired) electrons. The fourth-order valence-electron chi connectivity index (χ4n) is 2.81. The number of benzene rings is 1. The van der Waals surface area contributed by atoms with E-state index in [1.54, 1.807) is 13.0 Å². The molecule has 1 aliphatic rings. The smallest absolute Gasteiger partial charge is 0.244 e. The van der Waals surface area contributed by atoms with Crippen LogP contribution in [0, 0.1) is 0 Å². The minimum absolute atomic E-state index is 0.0261. The maximum absolute atomic E-state index is 12.7. The van der Waals surface area contributed by atoms with Crippen molar-refractivity contribution >= 4 is 10.0 Å². The van der Waals surface area contributed by atoms with E-state index in [9.17, 15) is 13.5 Å². The summed E-state index contributed by atoms with van der Waals surface area (Å²) in [4.78, 5) is 3.99. The predicted octanol–water partition coefficient (Wildman–Crippen LogP) is 1.67. The van der Waals surface area contributed by atoms with Crippen LogP contribution < -0.4 is 4.74 Å².